The zero-order chi connectivity index (χ0) is 16.0. The van der Waals surface area contributed by atoms with Crippen molar-refractivity contribution < 1.29 is 18.3 Å². The molecule has 0 fully saturated rings. The topological polar surface area (TPSA) is 105 Å². The van der Waals surface area contributed by atoms with Gasteiger partial charge in [0, 0.05) is 26.4 Å². The van der Waals surface area contributed by atoms with Crippen LogP contribution in [0, 0.1) is 0 Å². The zero-order valence-electron chi connectivity index (χ0n) is 12.3. The molecule has 0 spiro atoms. The highest BCUT2D eigenvalue weighted by Crippen LogP contribution is 2.21. The van der Waals surface area contributed by atoms with E-state index in [0.717, 1.165) is 18.2 Å². The van der Waals surface area contributed by atoms with Crippen molar-refractivity contribution in [2.45, 2.75) is 25.0 Å². The van der Waals surface area contributed by atoms with Crippen LogP contribution in [0.25, 0.3) is 0 Å². The molecule has 120 valence electrons. The number of carboxylic acids is 1. The van der Waals surface area contributed by atoms with E-state index in [2.05, 4.69) is 10.2 Å². The van der Waals surface area contributed by atoms with Gasteiger partial charge in [-0.05, 0) is 6.42 Å². The molecule has 0 aliphatic heterocycles. The van der Waals surface area contributed by atoms with E-state index in [1.165, 1.54) is 6.26 Å². The summed E-state index contributed by atoms with van der Waals surface area (Å²) in [7, 11) is -1.31. The van der Waals surface area contributed by atoms with Crippen LogP contribution in [0.5, 0.6) is 0 Å². The molecule has 0 bridgehead atoms. The van der Waals surface area contributed by atoms with Gasteiger partial charge in [0.2, 0.25) is 5.95 Å². The summed E-state index contributed by atoms with van der Waals surface area (Å²) in [6.45, 7) is 2.95. The lowest BCUT2D eigenvalue weighted by Crippen LogP contribution is -2.27. The molecule has 1 heterocycles. The number of aliphatic carboxylic acids is 1. The van der Waals surface area contributed by atoms with Gasteiger partial charge in [-0.15, -0.1) is 10.2 Å². The normalized spacial score (nSPS) is 11.6. The largest absolute Gasteiger partial charge is 0.481 e. The molecule has 0 aliphatic carbocycles. The third-order valence-electron chi connectivity index (χ3n) is 2.61. The molecule has 1 aromatic heterocycles. The van der Waals surface area contributed by atoms with E-state index in [-0.39, 0.29) is 11.5 Å². The van der Waals surface area contributed by atoms with Gasteiger partial charge in [-0.25, -0.2) is 8.42 Å². The van der Waals surface area contributed by atoms with Gasteiger partial charge in [0.15, 0.2) is 5.16 Å². The van der Waals surface area contributed by atoms with Crippen LogP contribution in [0.2, 0.25) is 0 Å². The highest BCUT2D eigenvalue weighted by molar-refractivity contribution is 7.99. The van der Waals surface area contributed by atoms with Crippen molar-refractivity contribution in [2.75, 3.05) is 36.3 Å². The molecule has 1 N–H and O–H groups in total. The van der Waals surface area contributed by atoms with Crippen molar-refractivity contribution in [3.8, 4) is 0 Å². The first-order valence-electron chi connectivity index (χ1n) is 6.41. The molecule has 0 saturated heterocycles. The Morgan fingerprint density at radius 1 is 1.43 bits per heavy atom. The number of sulfone groups is 1. The average molecular weight is 336 g/mol. The van der Waals surface area contributed by atoms with Crippen LogP contribution in [-0.2, 0) is 21.2 Å². The smallest absolute Gasteiger partial charge is 0.313 e. The van der Waals surface area contributed by atoms with Gasteiger partial charge in [-0.1, -0.05) is 18.7 Å². The molecule has 21 heavy (non-hydrogen) atoms. The van der Waals surface area contributed by atoms with Crippen molar-refractivity contribution in [1.29, 1.82) is 0 Å². The molecular formula is C11H20N4O4S2. The zero-order valence-corrected chi connectivity index (χ0v) is 13.9. The Labute approximate surface area is 128 Å². The Morgan fingerprint density at radius 2 is 2.10 bits per heavy atom. The lowest BCUT2D eigenvalue weighted by molar-refractivity contribution is -0.133. The second-order valence-corrected chi connectivity index (χ2v) is 7.87. The van der Waals surface area contributed by atoms with E-state index in [1.54, 1.807) is 11.9 Å². The van der Waals surface area contributed by atoms with Crippen LogP contribution in [0.1, 0.15) is 13.3 Å². The first-order valence-corrected chi connectivity index (χ1v) is 9.46. The SMILES string of the molecule is CCCn1c(SCC(=O)O)nnc1N(C)CCS(C)(=O)=O. The van der Waals surface area contributed by atoms with Gasteiger partial charge in [0.25, 0.3) is 0 Å². The minimum Gasteiger partial charge on any atom is -0.481 e. The van der Waals surface area contributed by atoms with E-state index >= 15 is 0 Å². The molecule has 0 saturated carbocycles. The summed E-state index contributed by atoms with van der Waals surface area (Å²) in [4.78, 5) is 12.4. The maximum Gasteiger partial charge on any atom is 0.313 e. The number of aromatic nitrogens is 3. The van der Waals surface area contributed by atoms with Crippen LogP contribution in [0.4, 0.5) is 5.95 Å². The molecule has 1 aromatic rings. The van der Waals surface area contributed by atoms with Gasteiger partial charge < -0.3 is 10.0 Å². The molecule has 1 rings (SSSR count). The monoisotopic (exact) mass is 336 g/mol. The van der Waals surface area contributed by atoms with Crippen LogP contribution >= 0.6 is 11.8 Å². The first kappa shape index (κ1) is 17.8. The molecule has 0 unspecified atom stereocenters. The van der Waals surface area contributed by atoms with Crippen LogP contribution in [0.3, 0.4) is 0 Å². The molecule has 10 heteroatoms. The summed E-state index contributed by atoms with van der Waals surface area (Å²) < 4.78 is 24.3. The van der Waals surface area contributed by atoms with Gasteiger partial charge in [0.1, 0.15) is 9.84 Å². The number of rotatable bonds is 9. The number of carboxylic acid groups (broad SMARTS) is 1. The average Bonchev–Trinajstić information content (AvgIpc) is 2.76. The molecule has 0 amide bonds. The van der Waals surface area contributed by atoms with E-state index < -0.39 is 15.8 Å². The predicted octanol–water partition coefficient (Wildman–Crippen LogP) is 0.346. The van der Waals surface area contributed by atoms with Crippen LogP contribution in [-0.4, -0.2) is 65.6 Å². The lowest BCUT2D eigenvalue weighted by Gasteiger charge is -2.18. The highest BCUT2D eigenvalue weighted by atomic mass is 32.2. The van der Waals surface area contributed by atoms with E-state index in [0.29, 0.717) is 24.2 Å². The van der Waals surface area contributed by atoms with Gasteiger partial charge >= 0.3 is 5.97 Å². The summed E-state index contributed by atoms with van der Waals surface area (Å²) in [5.74, 6) is -0.430. The molecular weight excluding hydrogens is 316 g/mol. The van der Waals surface area contributed by atoms with Crippen molar-refractivity contribution in [2.24, 2.45) is 0 Å². The number of anilines is 1. The lowest BCUT2D eigenvalue weighted by atomic mass is 10.5. The van der Waals surface area contributed by atoms with Crippen molar-refractivity contribution in [1.82, 2.24) is 14.8 Å². The molecule has 8 nitrogen and oxygen atoms in total. The Bertz CT molecular complexity index is 585. The fourth-order valence-electron chi connectivity index (χ4n) is 1.62. The maximum atomic E-state index is 11.2. The van der Waals surface area contributed by atoms with Gasteiger partial charge in [-0.3, -0.25) is 9.36 Å². The Balaban J connectivity index is 2.87. The number of thioether (sulfide) groups is 1. The van der Waals surface area contributed by atoms with E-state index in [1.807, 2.05) is 11.5 Å². The third kappa shape index (κ3) is 5.92. The number of hydrogen-bond donors (Lipinski definition) is 1. The van der Waals surface area contributed by atoms with Gasteiger partial charge in [0.05, 0.1) is 11.5 Å². The first-order chi connectivity index (χ1) is 9.74. The summed E-state index contributed by atoms with van der Waals surface area (Å²) in [6.07, 6.45) is 2.03. The van der Waals surface area contributed by atoms with E-state index in [4.69, 9.17) is 5.11 Å². The molecule has 0 aromatic carbocycles. The number of hydrogen-bond acceptors (Lipinski definition) is 7. The summed E-state index contributed by atoms with van der Waals surface area (Å²) in [5.41, 5.74) is 0. The maximum absolute atomic E-state index is 11.2. The molecule has 0 aliphatic rings. The Hall–Kier alpha value is -1.29. The fourth-order valence-corrected chi connectivity index (χ4v) is 2.90. The molecule has 0 atom stereocenters. The van der Waals surface area contributed by atoms with Crippen LogP contribution < -0.4 is 4.90 Å². The van der Waals surface area contributed by atoms with Crippen molar-refractivity contribution in [3.63, 3.8) is 0 Å². The highest BCUT2D eigenvalue weighted by Gasteiger charge is 2.17. The van der Waals surface area contributed by atoms with Crippen molar-refractivity contribution >= 4 is 33.5 Å². The summed E-state index contributed by atoms with van der Waals surface area (Å²) >= 11 is 1.10. The minimum absolute atomic E-state index is 0.0279. The quantitative estimate of drug-likeness (QED) is 0.644. The van der Waals surface area contributed by atoms with Crippen LogP contribution in [0.15, 0.2) is 5.16 Å². The molecule has 0 radical (unpaired) electrons. The Morgan fingerprint density at radius 3 is 2.62 bits per heavy atom. The minimum atomic E-state index is -3.05. The van der Waals surface area contributed by atoms with Gasteiger partial charge in [-0.2, -0.15) is 0 Å². The number of carbonyl (C=O) groups is 1. The van der Waals surface area contributed by atoms with Crippen molar-refractivity contribution in [3.05, 3.63) is 0 Å². The second-order valence-electron chi connectivity index (χ2n) is 4.67. The Kier molecular flexibility index (Phi) is 6.46. The standard InChI is InChI=1S/C11H20N4O4S2/c1-4-5-15-10(14(2)6-7-21(3,18)19)12-13-11(15)20-8-9(16)17/h4-8H2,1-3H3,(H,16,17). The second kappa shape index (κ2) is 7.64. The predicted molar refractivity (Wildman–Crippen MR) is 81.7 cm³/mol. The fraction of sp³-hybridized carbons (Fsp3) is 0.727. The summed E-state index contributed by atoms with van der Waals surface area (Å²) in [5, 5.41) is 17.3. The number of nitrogens with zero attached hydrogens (tertiary/aromatic N) is 4. The summed E-state index contributed by atoms with van der Waals surface area (Å²) in [6, 6.07) is 0. The van der Waals surface area contributed by atoms with E-state index in [9.17, 15) is 13.2 Å². The third-order valence-corrected chi connectivity index (χ3v) is 4.48.